The summed E-state index contributed by atoms with van der Waals surface area (Å²) < 4.78 is 5.83. The average molecular weight is 290 g/mol. The molecule has 1 aromatic heterocycles. The second-order valence-electron chi connectivity index (χ2n) is 4.84. The number of hydrogen-bond donors (Lipinski definition) is 1. The fraction of sp³-hybridized carbons (Fsp3) is 0.438. The van der Waals surface area contributed by atoms with E-state index in [1.807, 2.05) is 23.7 Å². The lowest BCUT2D eigenvalue weighted by molar-refractivity contribution is 0.285. The van der Waals surface area contributed by atoms with Crippen LogP contribution in [-0.2, 0) is 6.42 Å². The Bertz CT molecular complexity index is 499. The Morgan fingerprint density at radius 3 is 3.00 bits per heavy atom. The summed E-state index contributed by atoms with van der Waals surface area (Å²) in [5.41, 5.74) is 1.23. The predicted octanol–water partition coefficient (Wildman–Crippen LogP) is 3.44. The van der Waals surface area contributed by atoms with Gasteiger partial charge in [-0.25, -0.2) is 4.98 Å². The van der Waals surface area contributed by atoms with Crippen molar-refractivity contribution in [1.82, 2.24) is 10.3 Å². The summed E-state index contributed by atoms with van der Waals surface area (Å²) in [6.07, 6.45) is 3.83. The Morgan fingerprint density at radius 1 is 1.40 bits per heavy atom. The third-order valence-corrected chi connectivity index (χ3v) is 3.92. The number of likely N-dealkylation sites (N-methyl/N-ethyl adjacent to an activating group) is 1. The minimum absolute atomic E-state index is 0.427. The number of aromatic nitrogens is 1. The van der Waals surface area contributed by atoms with E-state index in [0.717, 1.165) is 31.7 Å². The summed E-state index contributed by atoms with van der Waals surface area (Å²) in [6, 6.07) is 8.62. The molecule has 0 bridgehead atoms. The van der Waals surface area contributed by atoms with Crippen molar-refractivity contribution >= 4 is 11.3 Å². The van der Waals surface area contributed by atoms with Crippen LogP contribution in [0.4, 0.5) is 0 Å². The molecule has 0 spiro atoms. The summed E-state index contributed by atoms with van der Waals surface area (Å²) in [5, 5.41) is 6.72. The average Bonchev–Trinajstić information content (AvgIpc) is 2.92. The molecule has 4 heteroatoms. The van der Waals surface area contributed by atoms with Gasteiger partial charge in [0.2, 0.25) is 0 Å². The molecule has 0 fully saturated rings. The molecule has 3 nitrogen and oxygen atoms in total. The smallest absolute Gasteiger partial charge is 0.119 e. The topological polar surface area (TPSA) is 34.1 Å². The van der Waals surface area contributed by atoms with Gasteiger partial charge in [-0.3, -0.25) is 0 Å². The molecule has 0 aliphatic rings. The van der Waals surface area contributed by atoms with E-state index in [1.54, 1.807) is 11.3 Å². The van der Waals surface area contributed by atoms with E-state index < -0.39 is 0 Å². The number of benzene rings is 1. The van der Waals surface area contributed by atoms with E-state index in [9.17, 15) is 0 Å². The van der Waals surface area contributed by atoms with E-state index in [0.29, 0.717) is 6.04 Å². The third kappa shape index (κ3) is 4.94. The first kappa shape index (κ1) is 15.0. The summed E-state index contributed by atoms with van der Waals surface area (Å²) >= 11 is 1.72. The van der Waals surface area contributed by atoms with Crippen molar-refractivity contribution in [1.29, 1.82) is 0 Å². The van der Waals surface area contributed by atoms with Gasteiger partial charge < -0.3 is 10.1 Å². The third-order valence-electron chi connectivity index (χ3n) is 3.12. The van der Waals surface area contributed by atoms with Crippen LogP contribution in [0.3, 0.4) is 0 Å². The van der Waals surface area contributed by atoms with E-state index >= 15 is 0 Å². The quantitative estimate of drug-likeness (QED) is 0.808. The largest absolute Gasteiger partial charge is 0.494 e. The van der Waals surface area contributed by atoms with Crippen molar-refractivity contribution in [2.24, 2.45) is 0 Å². The monoisotopic (exact) mass is 290 g/mol. The van der Waals surface area contributed by atoms with Crippen LogP contribution >= 0.6 is 11.3 Å². The molecule has 108 valence electrons. The van der Waals surface area contributed by atoms with Gasteiger partial charge >= 0.3 is 0 Å². The van der Waals surface area contributed by atoms with Gasteiger partial charge in [-0.15, -0.1) is 11.3 Å². The maximum absolute atomic E-state index is 5.83. The normalized spacial score (nSPS) is 12.3. The van der Waals surface area contributed by atoms with Crippen LogP contribution in [0.5, 0.6) is 5.75 Å². The number of nitrogens with zero attached hydrogens (tertiary/aromatic N) is 1. The molecule has 0 saturated carbocycles. The summed E-state index contributed by atoms with van der Waals surface area (Å²) in [6.45, 7) is 5.92. The Hall–Kier alpha value is -1.39. The molecule has 0 saturated heterocycles. The van der Waals surface area contributed by atoms with Crippen LogP contribution < -0.4 is 10.1 Å². The molecule has 1 atom stereocenters. The highest BCUT2D eigenvalue weighted by atomic mass is 32.1. The molecular formula is C16H22N2OS. The molecule has 1 unspecified atom stereocenters. The maximum atomic E-state index is 5.83. The van der Waals surface area contributed by atoms with E-state index in [2.05, 4.69) is 36.3 Å². The van der Waals surface area contributed by atoms with Gasteiger partial charge in [0, 0.05) is 24.0 Å². The van der Waals surface area contributed by atoms with Gasteiger partial charge in [-0.2, -0.15) is 0 Å². The molecule has 0 radical (unpaired) electrons. The summed E-state index contributed by atoms with van der Waals surface area (Å²) in [4.78, 5) is 4.35. The Balaban J connectivity index is 1.80. The molecular weight excluding hydrogens is 268 g/mol. The molecule has 2 aromatic rings. The van der Waals surface area contributed by atoms with Crippen LogP contribution in [0.2, 0.25) is 0 Å². The second-order valence-corrected chi connectivity index (χ2v) is 5.82. The maximum Gasteiger partial charge on any atom is 0.119 e. The first-order valence-electron chi connectivity index (χ1n) is 7.09. The Morgan fingerprint density at radius 2 is 2.30 bits per heavy atom. The fourth-order valence-corrected chi connectivity index (χ4v) is 2.85. The number of nitrogens with one attached hydrogen (secondary N) is 1. The number of aryl methyl sites for hydroxylation is 1. The van der Waals surface area contributed by atoms with Gasteiger partial charge in [0.25, 0.3) is 0 Å². The first-order chi connectivity index (χ1) is 9.78. The molecule has 0 aliphatic heterocycles. The van der Waals surface area contributed by atoms with Crippen molar-refractivity contribution in [2.45, 2.75) is 32.7 Å². The van der Waals surface area contributed by atoms with Crippen molar-refractivity contribution in [3.8, 4) is 5.75 Å². The van der Waals surface area contributed by atoms with Gasteiger partial charge in [-0.05, 0) is 37.6 Å². The van der Waals surface area contributed by atoms with Gasteiger partial charge in [0.15, 0.2) is 0 Å². The minimum atomic E-state index is 0.427. The Labute approximate surface area is 125 Å². The lowest BCUT2D eigenvalue weighted by Gasteiger charge is -2.17. The van der Waals surface area contributed by atoms with Crippen LogP contribution in [-0.4, -0.2) is 24.2 Å². The molecule has 1 aromatic carbocycles. The molecule has 1 heterocycles. The number of thiazole rings is 1. The lowest BCUT2D eigenvalue weighted by Crippen LogP contribution is -2.32. The van der Waals surface area contributed by atoms with Crippen molar-refractivity contribution in [2.75, 3.05) is 13.2 Å². The SMILES string of the molecule is CCNC(CCOc1cccc(C)c1)Cc1nccs1. The van der Waals surface area contributed by atoms with Crippen molar-refractivity contribution < 1.29 is 4.74 Å². The van der Waals surface area contributed by atoms with Gasteiger partial charge in [0.1, 0.15) is 5.75 Å². The highest BCUT2D eigenvalue weighted by Crippen LogP contribution is 2.14. The molecule has 0 aliphatic carbocycles. The second kappa shape index (κ2) is 8.02. The standard InChI is InChI=1S/C16H22N2OS/c1-3-17-14(12-16-18-8-10-20-16)7-9-19-15-6-4-5-13(2)11-15/h4-6,8,10-11,14,17H,3,7,9,12H2,1-2H3. The number of ether oxygens (including phenoxy) is 1. The summed E-state index contributed by atoms with van der Waals surface area (Å²) in [5.74, 6) is 0.953. The van der Waals surface area contributed by atoms with Crippen LogP contribution in [0.15, 0.2) is 35.8 Å². The lowest BCUT2D eigenvalue weighted by atomic mass is 10.1. The van der Waals surface area contributed by atoms with Crippen LogP contribution in [0, 0.1) is 6.92 Å². The van der Waals surface area contributed by atoms with Crippen molar-refractivity contribution in [3.63, 3.8) is 0 Å². The number of hydrogen-bond acceptors (Lipinski definition) is 4. The number of rotatable bonds is 8. The zero-order valence-corrected chi connectivity index (χ0v) is 13.0. The molecule has 0 amide bonds. The van der Waals surface area contributed by atoms with Crippen LogP contribution in [0.1, 0.15) is 23.9 Å². The highest BCUT2D eigenvalue weighted by molar-refractivity contribution is 7.09. The van der Waals surface area contributed by atoms with Gasteiger partial charge in [0.05, 0.1) is 11.6 Å². The van der Waals surface area contributed by atoms with E-state index in [1.165, 1.54) is 10.6 Å². The molecule has 20 heavy (non-hydrogen) atoms. The minimum Gasteiger partial charge on any atom is -0.494 e. The molecule has 2 rings (SSSR count). The van der Waals surface area contributed by atoms with Crippen LogP contribution in [0.25, 0.3) is 0 Å². The van der Waals surface area contributed by atoms with Gasteiger partial charge in [-0.1, -0.05) is 19.1 Å². The van der Waals surface area contributed by atoms with Crippen molar-refractivity contribution in [3.05, 3.63) is 46.4 Å². The van der Waals surface area contributed by atoms with E-state index in [4.69, 9.17) is 4.74 Å². The van der Waals surface area contributed by atoms with E-state index in [-0.39, 0.29) is 0 Å². The highest BCUT2D eigenvalue weighted by Gasteiger charge is 2.10. The Kier molecular flexibility index (Phi) is 6.02. The zero-order chi connectivity index (χ0) is 14.2. The summed E-state index contributed by atoms with van der Waals surface area (Å²) in [7, 11) is 0. The molecule has 1 N–H and O–H groups in total. The zero-order valence-electron chi connectivity index (χ0n) is 12.1. The fourth-order valence-electron chi connectivity index (χ4n) is 2.15. The predicted molar refractivity (Wildman–Crippen MR) is 84.6 cm³/mol. The first-order valence-corrected chi connectivity index (χ1v) is 7.97.